The molecule has 1 aromatic rings. The summed E-state index contributed by atoms with van der Waals surface area (Å²) in [5.74, 6) is 2.03. The van der Waals surface area contributed by atoms with Crippen molar-refractivity contribution in [2.75, 3.05) is 36.0 Å². The van der Waals surface area contributed by atoms with Crippen molar-refractivity contribution in [3.8, 4) is 5.75 Å². The van der Waals surface area contributed by atoms with Crippen LogP contribution < -0.4 is 14.5 Å². The van der Waals surface area contributed by atoms with Gasteiger partial charge >= 0.3 is 0 Å². The largest absolute Gasteiger partial charge is 0.494 e. The molecule has 0 bridgehead atoms. The number of hydrogen-bond acceptors (Lipinski definition) is 4. The van der Waals surface area contributed by atoms with Crippen LogP contribution in [0, 0.1) is 0 Å². The van der Waals surface area contributed by atoms with Gasteiger partial charge in [-0.3, -0.25) is 4.99 Å². The van der Waals surface area contributed by atoms with E-state index in [9.17, 15) is 0 Å². The summed E-state index contributed by atoms with van der Waals surface area (Å²) < 4.78 is 5.56. The Hall–Kier alpha value is -1.71. The second kappa shape index (κ2) is 3.95. The Bertz CT molecular complexity index is 470. The summed E-state index contributed by atoms with van der Waals surface area (Å²) in [7, 11) is 0. The smallest absolute Gasteiger partial charge is 0.205 e. The summed E-state index contributed by atoms with van der Waals surface area (Å²) in [6.45, 7) is 7.70. The Morgan fingerprint density at radius 3 is 2.94 bits per heavy atom. The molecule has 0 atom stereocenters. The molecular formula is C13H17N3O. The molecule has 0 aromatic heterocycles. The first kappa shape index (κ1) is 10.4. The number of guanidine groups is 1. The first-order valence-corrected chi connectivity index (χ1v) is 6.21. The molecule has 4 heteroatoms. The van der Waals surface area contributed by atoms with Crippen molar-refractivity contribution >= 4 is 17.3 Å². The molecule has 0 radical (unpaired) electrons. The van der Waals surface area contributed by atoms with Gasteiger partial charge in [0.2, 0.25) is 5.96 Å². The molecule has 0 unspecified atom stereocenters. The van der Waals surface area contributed by atoms with Gasteiger partial charge in [0.15, 0.2) is 0 Å². The van der Waals surface area contributed by atoms with Gasteiger partial charge in [0.05, 0.1) is 24.5 Å². The highest BCUT2D eigenvalue weighted by molar-refractivity contribution is 6.17. The van der Waals surface area contributed by atoms with Crippen LogP contribution in [0.5, 0.6) is 5.75 Å². The summed E-state index contributed by atoms with van der Waals surface area (Å²) in [5.41, 5.74) is 2.48. The Kier molecular flexibility index (Phi) is 2.42. The molecule has 0 saturated carbocycles. The van der Waals surface area contributed by atoms with Gasteiger partial charge in [-0.2, -0.15) is 0 Å². The predicted molar refractivity (Wildman–Crippen MR) is 70.3 cm³/mol. The van der Waals surface area contributed by atoms with Gasteiger partial charge in [-0.15, -0.1) is 0 Å². The van der Waals surface area contributed by atoms with Crippen LogP contribution in [-0.4, -0.2) is 32.2 Å². The molecule has 0 N–H and O–H groups in total. The molecule has 2 heterocycles. The van der Waals surface area contributed by atoms with Crippen molar-refractivity contribution in [3.05, 3.63) is 18.2 Å². The summed E-state index contributed by atoms with van der Waals surface area (Å²) in [4.78, 5) is 9.11. The normalized spacial score (nSPS) is 16.9. The summed E-state index contributed by atoms with van der Waals surface area (Å²) in [6, 6.07) is 6.29. The minimum atomic E-state index is 0.706. The van der Waals surface area contributed by atoms with Crippen LogP contribution in [0.1, 0.15) is 13.8 Å². The molecule has 1 aromatic carbocycles. The maximum Gasteiger partial charge on any atom is 0.205 e. The molecule has 2 aliphatic rings. The highest BCUT2D eigenvalue weighted by Crippen LogP contribution is 2.40. The third-order valence-corrected chi connectivity index (χ3v) is 3.22. The lowest BCUT2D eigenvalue weighted by molar-refractivity contribution is 0.340. The van der Waals surface area contributed by atoms with E-state index in [1.54, 1.807) is 0 Å². The van der Waals surface area contributed by atoms with Crippen molar-refractivity contribution in [2.45, 2.75) is 13.8 Å². The third kappa shape index (κ3) is 1.47. The Morgan fingerprint density at radius 2 is 2.18 bits per heavy atom. The predicted octanol–water partition coefficient (Wildman–Crippen LogP) is 2.10. The van der Waals surface area contributed by atoms with Gasteiger partial charge in [-0.25, -0.2) is 0 Å². The lowest BCUT2D eigenvalue weighted by atomic mass is 10.2. The fourth-order valence-electron chi connectivity index (χ4n) is 2.52. The quantitative estimate of drug-likeness (QED) is 0.797. The zero-order valence-electron chi connectivity index (χ0n) is 10.3. The average molecular weight is 231 g/mol. The number of anilines is 2. The topological polar surface area (TPSA) is 28.1 Å². The number of rotatable bonds is 3. The van der Waals surface area contributed by atoms with Crippen molar-refractivity contribution in [1.29, 1.82) is 0 Å². The minimum Gasteiger partial charge on any atom is -0.494 e. The van der Waals surface area contributed by atoms with E-state index in [-0.39, 0.29) is 0 Å². The van der Waals surface area contributed by atoms with Crippen molar-refractivity contribution in [3.63, 3.8) is 0 Å². The maximum atomic E-state index is 5.56. The van der Waals surface area contributed by atoms with Gasteiger partial charge in [-0.1, -0.05) is 0 Å². The maximum absolute atomic E-state index is 5.56. The average Bonchev–Trinajstić information content (AvgIpc) is 2.89. The van der Waals surface area contributed by atoms with E-state index >= 15 is 0 Å². The second-order valence-electron chi connectivity index (χ2n) is 4.16. The fraction of sp³-hybridized carbons (Fsp3) is 0.462. The molecule has 90 valence electrons. The number of ether oxygens (including phenoxy) is 1. The summed E-state index contributed by atoms with van der Waals surface area (Å²) in [5, 5.41) is 0. The SMILES string of the molecule is CCOc1ccc2c(c1)N1CCN=C1N2CC. The van der Waals surface area contributed by atoms with Crippen LogP contribution in [0.15, 0.2) is 23.2 Å². The number of aliphatic imine (C=N–C) groups is 1. The van der Waals surface area contributed by atoms with Crippen molar-refractivity contribution in [2.24, 2.45) is 4.99 Å². The summed E-state index contributed by atoms with van der Waals surface area (Å²) >= 11 is 0. The monoisotopic (exact) mass is 231 g/mol. The van der Waals surface area contributed by atoms with Gasteiger partial charge in [0.1, 0.15) is 5.75 Å². The molecule has 0 saturated heterocycles. The van der Waals surface area contributed by atoms with Crippen LogP contribution in [0.4, 0.5) is 11.4 Å². The molecule has 4 nitrogen and oxygen atoms in total. The molecule has 17 heavy (non-hydrogen) atoms. The molecule has 0 spiro atoms. The van der Waals surface area contributed by atoms with E-state index < -0.39 is 0 Å². The van der Waals surface area contributed by atoms with Crippen molar-refractivity contribution in [1.82, 2.24) is 0 Å². The van der Waals surface area contributed by atoms with Crippen LogP contribution in [0.2, 0.25) is 0 Å². The van der Waals surface area contributed by atoms with Crippen LogP contribution in [0.3, 0.4) is 0 Å². The number of fused-ring (bicyclic) bond motifs is 3. The van der Waals surface area contributed by atoms with Crippen LogP contribution >= 0.6 is 0 Å². The van der Waals surface area contributed by atoms with Gasteiger partial charge in [0, 0.05) is 19.2 Å². The molecule has 0 fully saturated rings. The fourth-order valence-corrected chi connectivity index (χ4v) is 2.52. The Balaban J connectivity index is 2.04. The number of hydrogen-bond donors (Lipinski definition) is 0. The first-order valence-electron chi connectivity index (χ1n) is 6.21. The molecule has 2 aliphatic heterocycles. The number of benzene rings is 1. The summed E-state index contributed by atoms with van der Waals surface area (Å²) in [6.07, 6.45) is 0. The van der Waals surface area contributed by atoms with Gasteiger partial charge in [-0.05, 0) is 26.0 Å². The molecule has 0 aliphatic carbocycles. The second-order valence-corrected chi connectivity index (χ2v) is 4.16. The van der Waals surface area contributed by atoms with Crippen molar-refractivity contribution < 1.29 is 4.74 Å². The number of nitrogens with zero attached hydrogens (tertiary/aromatic N) is 3. The lowest BCUT2D eigenvalue weighted by Crippen LogP contribution is -2.35. The lowest BCUT2D eigenvalue weighted by Gasteiger charge is -2.16. The van der Waals surface area contributed by atoms with Gasteiger partial charge in [0.25, 0.3) is 0 Å². The standard InChI is InChI=1S/C13H17N3O/c1-3-15-11-6-5-10(17-4-2)9-12(11)16-8-7-14-13(15)16/h5-6,9H,3-4,7-8H2,1-2H3. The first-order chi connectivity index (χ1) is 8.35. The molecular weight excluding hydrogens is 214 g/mol. The molecule has 3 rings (SSSR count). The Labute approximate surface area is 102 Å². The van der Waals surface area contributed by atoms with E-state index in [1.807, 2.05) is 13.0 Å². The van der Waals surface area contributed by atoms with E-state index in [0.717, 1.165) is 31.3 Å². The highest BCUT2D eigenvalue weighted by Gasteiger charge is 2.34. The zero-order chi connectivity index (χ0) is 11.8. The van der Waals surface area contributed by atoms with Crippen LogP contribution in [-0.2, 0) is 0 Å². The van der Waals surface area contributed by atoms with E-state index in [2.05, 4.69) is 33.8 Å². The van der Waals surface area contributed by atoms with Crippen LogP contribution in [0.25, 0.3) is 0 Å². The molecule has 0 amide bonds. The van der Waals surface area contributed by atoms with E-state index in [4.69, 9.17) is 4.74 Å². The zero-order valence-corrected chi connectivity index (χ0v) is 10.3. The van der Waals surface area contributed by atoms with E-state index in [1.165, 1.54) is 11.4 Å². The third-order valence-electron chi connectivity index (χ3n) is 3.22. The highest BCUT2D eigenvalue weighted by atomic mass is 16.5. The van der Waals surface area contributed by atoms with Gasteiger partial charge < -0.3 is 14.5 Å². The van der Waals surface area contributed by atoms with E-state index in [0.29, 0.717) is 6.61 Å². The minimum absolute atomic E-state index is 0.706. The Morgan fingerprint density at radius 1 is 1.29 bits per heavy atom.